The number of carbonyl (C=O) groups excluding carboxylic acids is 1. The van der Waals surface area contributed by atoms with Crippen LogP contribution in [0.3, 0.4) is 0 Å². The molecule has 2 aromatic carbocycles. The van der Waals surface area contributed by atoms with E-state index in [0.717, 1.165) is 17.0 Å². The van der Waals surface area contributed by atoms with Crippen LogP contribution in [0.15, 0.2) is 65.3 Å². The molecule has 0 bridgehead atoms. The molecular formula is C18H16ClN3OS. The number of hydrazine groups is 1. The molecule has 0 unspecified atom stereocenters. The van der Waals surface area contributed by atoms with Gasteiger partial charge in [0.1, 0.15) is 5.70 Å². The Labute approximate surface area is 150 Å². The highest BCUT2D eigenvalue weighted by molar-refractivity contribution is 8.13. The quantitative estimate of drug-likeness (QED) is 0.809. The van der Waals surface area contributed by atoms with Gasteiger partial charge in [0.15, 0.2) is 5.17 Å². The zero-order valence-electron chi connectivity index (χ0n) is 13.1. The van der Waals surface area contributed by atoms with Crippen molar-refractivity contribution in [1.82, 2.24) is 5.01 Å². The molecule has 0 spiro atoms. The molecule has 1 aliphatic heterocycles. The molecule has 1 heterocycles. The van der Waals surface area contributed by atoms with Crippen LogP contribution in [0.1, 0.15) is 12.5 Å². The molecule has 0 atom stereocenters. The van der Waals surface area contributed by atoms with E-state index in [2.05, 4.69) is 10.4 Å². The van der Waals surface area contributed by atoms with Crippen molar-refractivity contribution in [2.24, 2.45) is 4.99 Å². The normalized spacial score (nSPS) is 15.8. The molecule has 1 amide bonds. The molecule has 2 aromatic rings. The number of amides is 1. The molecule has 1 N–H and O–H groups in total. The molecular weight excluding hydrogens is 342 g/mol. The Balaban J connectivity index is 1.87. The molecule has 0 aromatic heterocycles. The van der Waals surface area contributed by atoms with E-state index in [1.54, 1.807) is 18.2 Å². The fraction of sp³-hybridized carbons (Fsp3) is 0.111. The number of hydrogen-bond acceptors (Lipinski definition) is 4. The standard InChI is InChI=1S/C18H16ClN3OS/c1-2-24-18-20-16(12-13-8-10-14(19)11-9-13)17(23)22(18)21-15-6-4-3-5-7-15/h3-12,21H,2H2,1H3/b16-12-. The van der Waals surface area contributed by atoms with E-state index in [4.69, 9.17) is 11.6 Å². The second-order valence-electron chi connectivity index (χ2n) is 5.03. The number of benzene rings is 2. The lowest BCUT2D eigenvalue weighted by molar-refractivity contribution is -0.121. The van der Waals surface area contributed by atoms with Crippen LogP contribution in [0.2, 0.25) is 5.02 Å². The van der Waals surface area contributed by atoms with Crippen molar-refractivity contribution in [2.45, 2.75) is 6.92 Å². The number of halogens is 1. The first kappa shape index (κ1) is 16.6. The highest BCUT2D eigenvalue weighted by atomic mass is 35.5. The molecule has 0 radical (unpaired) electrons. The number of anilines is 1. The highest BCUT2D eigenvalue weighted by Gasteiger charge is 2.30. The molecule has 3 rings (SSSR count). The van der Waals surface area contributed by atoms with Gasteiger partial charge in [-0.1, -0.05) is 60.6 Å². The van der Waals surface area contributed by atoms with Gasteiger partial charge in [0.25, 0.3) is 5.91 Å². The lowest BCUT2D eigenvalue weighted by atomic mass is 10.2. The summed E-state index contributed by atoms with van der Waals surface area (Å²) >= 11 is 7.42. The number of para-hydroxylation sites is 1. The van der Waals surface area contributed by atoms with E-state index in [9.17, 15) is 4.79 Å². The molecule has 0 saturated carbocycles. The fourth-order valence-corrected chi connectivity index (χ4v) is 2.98. The predicted molar refractivity (Wildman–Crippen MR) is 102 cm³/mol. The maximum absolute atomic E-state index is 12.7. The number of carbonyl (C=O) groups is 1. The molecule has 0 aliphatic carbocycles. The maximum Gasteiger partial charge on any atom is 0.297 e. The minimum atomic E-state index is -0.176. The van der Waals surface area contributed by atoms with E-state index in [1.807, 2.05) is 49.4 Å². The Morgan fingerprint density at radius 1 is 1.17 bits per heavy atom. The minimum Gasteiger partial charge on any atom is -0.289 e. The smallest absolute Gasteiger partial charge is 0.289 e. The van der Waals surface area contributed by atoms with Crippen LogP contribution in [0.4, 0.5) is 5.69 Å². The van der Waals surface area contributed by atoms with Crippen molar-refractivity contribution >= 4 is 46.2 Å². The van der Waals surface area contributed by atoms with Gasteiger partial charge >= 0.3 is 0 Å². The number of hydrogen-bond donors (Lipinski definition) is 1. The zero-order valence-corrected chi connectivity index (χ0v) is 14.6. The summed E-state index contributed by atoms with van der Waals surface area (Å²) in [6, 6.07) is 16.9. The summed E-state index contributed by atoms with van der Waals surface area (Å²) in [6.45, 7) is 2.03. The number of nitrogens with one attached hydrogen (secondary N) is 1. The van der Waals surface area contributed by atoms with Gasteiger partial charge in [0.05, 0.1) is 5.69 Å². The third kappa shape index (κ3) is 3.80. The van der Waals surface area contributed by atoms with Crippen molar-refractivity contribution in [3.63, 3.8) is 0 Å². The van der Waals surface area contributed by atoms with Crippen LogP contribution in [0, 0.1) is 0 Å². The third-order valence-corrected chi connectivity index (χ3v) is 4.36. The van der Waals surface area contributed by atoms with Gasteiger partial charge in [-0.15, -0.1) is 0 Å². The lowest BCUT2D eigenvalue weighted by Crippen LogP contribution is -2.36. The van der Waals surface area contributed by atoms with E-state index in [-0.39, 0.29) is 5.91 Å². The molecule has 0 saturated heterocycles. The summed E-state index contributed by atoms with van der Waals surface area (Å²) in [5.74, 6) is 0.651. The SMILES string of the molecule is CCSC1=N/C(=C\c2ccc(Cl)cc2)C(=O)N1Nc1ccccc1. The Bertz CT molecular complexity index is 788. The van der Waals surface area contributed by atoms with E-state index >= 15 is 0 Å². The van der Waals surface area contributed by atoms with Crippen molar-refractivity contribution in [3.05, 3.63) is 70.9 Å². The van der Waals surface area contributed by atoms with Gasteiger partial charge in [-0.2, -0.15) is 5.01 Å². The Morgan fingerprint density at radius 3 is 2.54 bits per heavy atom. The van der Waals surface area contributed by atoms with Crippen molar-refractivity contribution in [2.75, 3.05) is 11.2 Å². The number of nitrogens with zero attached hydrogens (tertiary/aromatic N) is 2. The van der Waals surface area contributed by atoms with Gasteiger partial charge in [-0.25, -0.2) is 4.99 Å². The van der Waals surface area contributed by atoms with Crippen LogP contribution in [-0.4, -0.2) is 21.8 Å². The summed E-state index contributed by atoms with van der Waals surface area (Å²) in [5.41, 5.74) is 5.24. The summed E-state index contributed by atoms with van der Waals surface area (Å²) in [7, 11) is 0. The first-order chi connectivity index (χ1) is 11.7. The highest BCUT2D eigenvalue weighted by Crippen LogP contribution is 2.25. The number of rotatable bonds is 4. The van der Waals surface area contributed by atoms with E-state index in [0.29, 0.717) is 15.9 Å². The number of thioether (sulfide) groups is 1. The summed E-state index contributed by atoms with van der Waals surface area (Å²) < 4.78 is 0. The Morgan fingerprint density at radius 2 is 1.88 bits per heavy atom. The molecule has 24 heavy (non-hydrogen) atoms. The molecule has 0 fully saturated rings. The second-order valence-corrected chi connectivity index (χ2v) is 6.69. The van der Waals surface area contributed by atoms with Gasteiger partial charge < -0.3 is 0 Å². The minimum absolute atomic E-state index is 0.176. The fourth-order valence-electron chi connectivity index (χ4n) is 2.18. The molecule has 122 valence electrons. The number of amidine groups is 1. The first-order valence-corrected chi connectivity index (χ1v) is 8.88. The largest absolute Gasteiger partial charge is 0.297 e. The monoisotopic (exact) mass is 357 g/mol. The van der Waals surface area contributed by atoms with Crippen LogP contribution < -0.4 is 5.43 Å². The second kappa shape index (κ2) is 7.55. The van der Waals surface area contributed by atoms with Crippen molar-refractivity contribution < 1.29 is 4.79 Å². The van der Waals surface area contributed by atoms with Gasteiger partial charge in [-0.05, 0) is 41.7 Å². The van der Waals surface area contributed by atoms with Crippen LogP contribution in [0.25, 0.3) is 6.08 Å². The van der Waals surface area contributed by atoms with Crippen molar-refractivity contribution in [3.8, 4) is 0 Å². The van der Waals surface area contributed by atoms with Crippen molar-refractivity contribution in [1.29, 1.82) is 0 Å². The van der Waals surface area contributed by atoms with Gasteiger partial charge in [0.2, 0.25) is 0 Å². The topological polar surface area (TPSA) is 44.7 Å². The summed E-state index contributed by atoms with van der Waals surface area (Å²) in [6.07, 6.45) is 1.77. The average molecular weight is 358 g/mol. The lowest BCUT2D eigenvalue weighted by Gasteiger charge is -2.19. The van der Waals surface area contributed by atoms with Crippen LogP contribution in [-0.2, 0) is 4.79 Å². The van der Waals surface area contributed by atoms with Gasteiger partial charge in [-0.3, -0.25) is 10.2 Å². The predicted octanol–water partition coefficient (Wildman–Crippen LogP) is 4.66. The maximum atomic E-state index is 12.7. The summed E-state index contributed by atoms with van der Waals surface area (Å²) in [4.78, 5) is 17.2. The Kier molecular flexibility index (Phi) is 5.23. The zero-order chi connectivity index (χ0) is 16.9. The summed E-state index contributed by atoms with van der Waals surface area (Å²) in [5, 5.41) is 2.80. The molecule has 6 heteroatoms. The van der Waals surface area contributed by atoms with Crippen LogP contribution in [0.5, 0.6) is 0 Å². The first-order valence-electron chi connectivity index (χ1n) is 7.52. The number of aliphatic imine (C=N–C) groups is 1. The average Bonchev–Trinajstić information content (AvgIpc) is 2.87. The third-order valence-electron chi connectivity index (χ3n) is 3.29. The van der Waals surface area contributed by atoms with E-state index < -0.39 is 0 Å². The van der Waals surface area contributed by atoms with Crippen LogP contribution >= 0.6 is 23.4 Å². The van der Waals surface area contributed by atoms with E-state index in [1.165, 1.54) is 16.8 Å². The van der Waals surface area contributed by atoms with Gasteiger partial charge in [0, 0.05) is 5.02 Å². The Hall–Kier alpha value is -2.24. The molecule has 1 aliphatic rings. The molecule has 4 nitrogen and oxygen atoms in total.